The van der Waals surface area contributed by atoms with Crippen LogP contribution < -0.4 is 9.47 Å². The molecular formula is C14H11ClF2O2. The van der Waals surface area contributed by atoms with Gasteiger partial charge in [0.1, 0.15) is 18.2 Å². The Balaban J connectivity index is 2.08. The molecule has 0 N–H and O–H groups in total. The van der Waals surface area contributed by atoms with Crippen molar-refractivity contribution in [3.63, 3.8) is 0 Å². The summed E-state index contributed by atoms with van der Waals surface area (Å²) in [7, 11) is 1.40. The average molecular weight is 285 g/mol. The molecule has 0 spiro atoms. The van der Waals surface area contributed by atoms with E-state index in [4.69, 9.17) is 21.1 Å². The third kappa shape index (κ3) is 3.35. The Morgan fingerprint density at radius 3 is 2.42 bits per heavy atom. The molecule has 0 bridgehead atoms. The van der Waals surface area contributed by atoms with E-state index in [1.165, 1.54) is 31.4 Å². The maximum absolute atomic E-state index is 13.5. The summed E-state index contributed by atoms with van der Waals surface area (Å²) in [6, 6.07) is 8.34. The fourth-order valence-corrected chi connectivity index (χ4v) is 1.77. The molecule has 0 aliphatic carbocycles. The van der Waals surface area contributed by atoms with Crippen molar-refractivity contribution >= 4 is 11.6 Å². The van der Waals surface area contributed by atoms with Gasteiger partial charge in [0, 0.05) is 0 Å². The van der Waals surface area contributed by atoms with Crippen LogP contribution in [-0.2, 0) is 6.61 Å². The van der Waals surface area contributed by atoms with Crippen LogP contribution >= 0.6 is 11.6 Å². The van der Waals surface area contributed by atoms with Gasteiger partial charge in [-0.2, -0.15) is 0 Å². The Kier molecular flexibility index (Phi) is 4.22. The van der Waals surface area contributed by atoms with Crippen molar-refractivity contribution < 1.29 is 18.3 Å². The molecule has 2 rings (SSSR count). The summed E-state index contributed by atoms with van der Waals surface area (Å²) in [4.78, 5) is 0. The first-order valence-electron chi connectivity index (χ1n) is 5.50. The predicted octanol–water partition coefficient (Wildman–Crippen LogP) is 4.21. The second-order valence-corrected chi connectivity index (χ2v) is 4.24. The summed E-state index contributed by atoms with van der Waals surface area (Å²) < 4.78 is 36.5. The molecule has 0 unspecified atom stereocenters. The Labute approximate surface area is 114 Å². The molecule has 2 aromatic rings. The van der Waals surface area contributed by atoms with Crippen LogP contribution in [0.25, 0.3) is 0 Å². The van der Waals surface area contributed by atoms with Crippen molar-refractivity contribution in [3.05, 3.63) is 58.6 Å². The van der Waals surface area contributed by atoms with Crippen LogP contribution in [0.4, 0.5) is 8.78 Å². The highest BCUT2D eigenvalue weighted by molar-refractivity contribution is 6.32. The van der Waals surface area contributed by atoms with Gasteiger partial charge in [-0.1, -0.05) is 17.7 Å². The van der Waals surface area contributed by atoms with Gasteiger partial charge in [-0.05, 0) is 35.9 Å². The number of hydrogen-bond donors (Lipinski definition) is 0. The van der Waals surface area contributed by atoms with Gasteiger partial charge in [-0.3, -0.25) is 0 Å². The van der Waals surface area contributed by atoms with Crippen LogP contribution in [0.5, 0.6) is 11.5 Å². The average Bonchev–Trinajstić information content (AvgIpc) is 2.38. The first-order chi connectivity index (χ1) is 9.10. The molecule has 0 saturated carbocycles. The summed E-state index contributed by atoms with van der Waals surface area (Å²) in [6.45, 7) is 0.131. The minimum Gasteiger partial charge on any atom is -0.494 e. The predicted molar refractivity (Wildman–Crippen MR) is 68.7 cm³/mol. The molecule has 0 radical (unpaired) electrons. The van der Waals surface area contributed by atoms with Crippen molar-refractivity contribution in [1.82, 2.24) is 0 Å². The van der Waals surface area contributed by atoms with E-state index in [-0.39, 0.29) is 17.4 Å². The van der Waals surface area contributed by atoms with E-state index in [1.807, 2.05) is 0 Å². The van der Waals surface area contributed by atoms with Crippen LogP contribution in [0.15, 0.2) is 36.4 Å². The summed E-state index contributed by atoms with van der Waals surface area (Å²) in [5.41, 5.74) is 0.624. The summed E-state index contributed by atoms with van der Waals surface area (Å²) in [5, 5.41) is 0.175. The normalized spacial score (nSPS) is 10.3. The second kappa shape index (κ2) is 5.89. The van der Waals surface area contributed by atoms with Gasteiger partial charge in [-0.15, -0.1) is 0 Å². The van der Waals surface area contributed by atoms with Crippen LogP contribution in [-0.4, -0.2) is 7.11 Å². The third-order valence-corrected chi connectivity index (χ3v) is 2.80. The van der Waals surface area contributed by atoms with Gasteiger partial charge in [0.05, 0.1) is 12.1 Å². The zero-order valence-electron chi connectivity index (χ0n) is 10.1. The van der Waals surface area contributed by atoms with Gasteiger partial charge in [0.15, 0.2) is 11.6 Å². The van der Waals surface area contributed by atoms with Gasteiger partial charge in [0.2, 0.25) is 0 Å². The van der Waals surface area contributed by atoms with Crippen molar-refractivity contribution in [2.24, 2.45) is 0 Å². The first kappa shape index (κ1) is 13.6. The number of ether oxygens (including phenoxy) is 2. The fraction of sp³-hybridized carbons (Fsp3) is 0.143. The van der Waals surface area contributed by atoms with Crippen molar-refractivity contribution in [2.45, 2.75) is 6.61 Å². The van der Waals surface area contributed by atoms with E-state index in [9.17, 15) is 8.78 Å². The highest BCUT2D eigenvalue weighted by Crippen LogP contribution is 2.26. The molecule has 0 atom stereocenters. The summed E-state index contributed by atoms with van der Waals surface area (Å²) in [6.07, 6.45) is 0. The smallest absolute Gasteiger partial charge is 0.165 e. The zero-order valence-corrected chi connectivity index (χ0v) is 10.9. The minimum atomic E-state index is -0.464. The standard InChI is InChI=1S/C14H11ClF2O2/c1-18-14-4-2-9(6-12(14)17)8-19-13-5-3-10(16)7-11(13)15/h2-7H,8H2,1H3. The van der Waals surface area contributed by atoms with Crippen LogP contribution in [0.1, 0.15) is 5.56 Å². The molecule has 0 saturated heterocycles. The van der Waals surface area contributed by atoms with E-state index in [0.29, 0.717) is 11.3 Å². The highest BCUT2D eigenvalue weighted by atomic mass is 35.5. The van der Waals surface area contributed by atoms with Gasteiger partial charge >= 0.3 is 0 Å². The van der Waals surface area contributed by atoms with Crippen LogP contribution in [0.2, 0.25) is 5.02 Å². The summed E-state index contributed by atoms with van der Waals surface area (Å²) >= 11 is 5.82. The molecule has 2 nitrogen and oxygen atoms in total. The number of hydrogen-bond acceptors (Lipinski definition) is 2. The number of halogens is 3. The number of rotatable bonds is 4. The Hall–Kier alpha value is -1.81. The van der Waals surface area contributed by atoms with Gasteiger partial charge in [0.25, 0.3) is 0 Å². The minimum absolute atomic E-state index is 0.131. The van der Waals surface area contributed by atoms with E-state index >= 15 is 0 Å². The van der Waals surface area contributed by atoms with Crippen molar-refractivity contribution in [2.75, 3.05) is 7.11 Å². The van der Waals surface area contributed by atoms with Crippen molar-refractivity contribution in [3.8, 4) is 11.5 Å². The lowest BCUT2D eigenvalue weighted by Crippen LogP contribution is -1.98. The van der Waals surface area contributed by atoms with Gasteiger partial charge < -0.3 is 9.47 Å². The van der Waals surface area contributed by atoms with E-state index in [1.54, 1.807) is 6.07 Å². The van der Waals surface area contributed by atoms with E-state index < -0.39 is 11.6 Å². The van der Waals surface area contributed by atoms with E-state index in [0.717, 1.165) is 6.07 Å². The Morgan fingerprint density at radius 1 is 1.05 bits per heavy atom. The molecule has 5 heteroatoms. The topological polar surface area (TPSA) is 18.5 Å². The zero-order chi connectivity index (χ0) is 13.8. The third-order valence-electron chi connectivity index (χ3n) is 2.50. The highest BCUT2D eigenvalue weighted by Gasteiger charge is 2.06. The lowest BCUT2D eigenvalue weighted by molar-refractivity contribution is 0.304. The monoisotopic (exact) mass is 284 g/mol. The molecule has 19 heavy (non-hydrogen) atoms. The largest absolute Gasteiger partial charge is 0.494 e. The molecule has 2 aromatic carbocycles. The maximum atomic E-state index is 13.5. The molecule has 0 heterocycles. The quantitative estimate of drug-likeness (QED) is 0.837. The van der Waals surface area contributed by atoms with Gasteiger partial charge in [-0.25, -0.2) is 8.78 Å². The van der Waals surface area contributed by atoms with E-state index in [2.05, 4.69) is 0 Å². The molecule has 0 aromatic heterocycles. The molecule has 0 aliphatic heterocycles. The SMILES string of the molecule is COc1ccc(COc2ccc(F)cc2Cl)cc1F. The lowest BCUT2D eigenvalue weighted by atomic mass is 10.2. The van der Waals surface area contributed by atoms with Crippen LogP contribution in [0, 0.1) is 11.6 Å². The molecular weight excluding hydrogens is 274 g/mol. The molecule has 0 fully saturated rings. The first-order valence-corrected chi connectivity index (χ1v) is 5.88. The second-order valence-electron chi connectivity index (χ2n) is 3.83. The Morgan fingerprint density at radius 2 is 1.79 bits per heavy atom. The Bertz CT molecular complexity index is 588. The fourth-order valence-electron chi connectivity index (χ4n) is 1.55. The number of benzene rings is 2. The van der Waals surface area contributed by atoms with Crippen molar-refractivity contribution in [1.29, 1.82) is 0 Å². The molecule has 0 amide bonds. The lowest BCUT2D eigenvalue weighted by Gasteiger charge is -2.09. The number of methoxy groups -OCH3 is 1. The maximum Gasteiger partial charge on any atom is 0.165 e. The van der Waals surface area contributed by atoms with Crippen LogP contribution in [0.3, 0.4) is 0 Å². The summed E-state index contributed by atoms with van der Waals surface area (Å²) in [5.74, 6) is -0.385. The molecule has 100 valence electrons. The molecule has 0 aliphatic rings.